The summed E-state index contributed by atoms with van der Waals surface area (Å²) in [5.74, 6) is 0. The minimum Gasteiger partial charge on any atom is -0.392 e. The fourth-order valence-corrected chi connectivity index (χ4v) is 1.56. The second-order valence-electron chi connectivity index (χ2n) is 2.98. The normalized spacial score (nSPS) is 11.9. The number of hydrogen-bond acceptors (Lipinski definition) is 1. The van der Waals surface area contributed by atoms with Gasteiger partial charge in [0, 0.05) is 10.0 Å². The topological polar surface area (TPSA) is 20.2 Å². The first kappa shape index (κ1) is 11.6. The predicted molar refractivity (Wildman–Crippen MR) is 61.8 cm³/mol. The molecule has 1 aromatic rings. The molecule has 0 fully saturated rings. The number of halogens is 2. The maximum atomic E-state index is 9.00. The van der Waals surface area contributed by atoms with Crippen molar-refractivity contribution >= 4 is 29.3 Å². The highest BCUT2D eigenvalue weighted by Gasteiger charge is 1.99. The van der Waals surface area contributed by atoms with Gasteiger partial charge in [0.15, 0.2) is 0 Å². The van der Waals surface area contributed by atoms with Crippen LogP contribution < -0.4 is 0 Å². The number of benzene rings is 1. The van der Waals surface area contributed by atoms with Gasteiger partial charge >= 0.3 is 0 Å². The Bertz CT molecular complexity index is 339. The molecular formula is C11H12Cl2O. The zero-order chi connectivity index (χ0) is 10.6. The summed E-state index contributed by atoms with van der Waals surface area (Å²) in [5, 5.41) is 10.2. The van der Waals surface area contributed by atoms with Crippen LogP contribution in [0.2, 0.25) is 10.0 Å². The van der Waals surface area contributed by atoms with E-state index in [0.29, 0.717) is 10.0 Å². The lowest BCUT2D eigenvalue weighted by Crippen LogP contribution is -1.88. The summed E-state index contributed by atoms with van der Waals surface area (Å²) in [6.07, 6.45) is 2.70. The maximum Gasteiger partial charge on any atom is 0.0644 e. The van der Waals surface area contributed by atoms with Crippen molar-refractivity contribution in [1.29, 1.82) is 0 Å². The van der Waals surface area contributed by atoms with Crippen molar-refractivity contribution in [3.05, 3.63) is 39.4 Å². The zero-order valence-electron chi connectivity index (χ0n) is 7.93. The van der Waals surface area contributed by atoms with E-state index in [1.54, 1.807) is 12.1 Å². The average molecular weight is 231 g/mol. The molecule has 3 heteroatoms. The second-order valence-corrected chi connectivity index (χ2v) is 3.82. The molecule has 0 amide bonds. The molecule has 0 bridgehead atoms. The van der Waals surface area contributed by atoms with Gasteiger partial charge in [-0.2, -0.15) is 0 Å². The number of aliphatic hydroxyl groups excluding tert-OH is 1. The summed E-state index contributed by atoms with van der Waals surface area (Å²) in [6.45, 7) is 2.06. The minimum atomic E-state index is 0.0649. The molecule has 0 unspecified atom stereocenters. The fourth-order valence-electron chi connectivity index (χ4n) is 1.10. The predicted octanol–water partition coefficient (Wildman–Crippen LogP) is 3.78. The van der Waals surface area contributed by atoms with Gasteiger partial charge in [0.1, 0.15) is 0 Å². The SMILES string of the molecule is CCC(=Cc1ccc(Cl)cc1Cl)CO. The van der Waals surface area contributed by atoms with Crippen molar-refractivity contribution in [2.24, 2.45) is 0 Å². The summed E-state index contributed by atoms with van der Waals surface area (Å²) in [4.78, 5) is 0. The Morgan fingerprint density at radius 3 is 2.64 bits per heavy atom. The van der Waals surface area contributed by atoms with E-state index >= 15 is 0 Å². The first-order valence-electron chi connectivity index (χ1n) is 4.42. The quantitative estimate of drug-likeness (QED) is 0.839. The Kier molecular flexibility index (Phi) is 4.46. The van der Waals surface area contributed by atoms with Gasteiger partial charge in [0.25, 0.3) is 0 Å². The van der Waals surface area contributed by atoms with Crippen molar-refractivity contribution in [2.75, 3.05) is 6.61 Å². The van der Waals surface area contributed by atoms with Gasteiger partial charge in [-0.3, -0.25) is 0 Å². The van der Waals surface area contributed by atoms with Crippen LogP contribution >= 0.6 is 23.2 Å². The molecule has 0 radical (unpaired) electrons. The molecule has 0 aliphatic heterocycles. The Hall–Kier alpha value is -0.500. The molecule has 14 heavy (non-hydrogen) atoms. The van der Waals surface area contributed by atoms with Gasteiger partial charge < -0.3 is 5.11 Å². The number of aliphatic hydroxyl groups is 1. The lowest BCUT2D eigenvalue weighted by molar-refractivity contribution is 0.329. The molecule has 0 saturated heterocycles. The molecule has 0 aliphatic carbocycles. The standard InChI is InChI=1S/C11H12Cl2O/c1-2-8(7-14)5-9-3-4-10(12)6-11(9)13/h3-6,14H,2,7H2,1H3. The molecule has 0 aromatic heterocycles. The third-order valence-electron chi connectivity index (χ3n) is 1.98. The van der Waals surface area contributed by atoms with E-state index in [9.17, 15) is 0 Å². The van der Waals surface area contributed by atoms with Gasteiger partial charge in [-0.25, -0.2) is 0 Å². The van der Waals surface area contributed by atoms with E-state index in [2.05, 4.69) is 0 Å². The Morgan fingerprint density at radius 2 is 2.14 bits per heavy atom. The molecular weight excluding hydrogens is 219 g/mol. The smallest absolute Gasteiger partial charge is 0.0644 e. The third kappa shape index (κ3) is 3.02. The van der Waals surface area contributed by atoms with E-state index in [4.69, 9.17) is 28.3 Å². The maximum absolute atomic E-state index is 9.00. The zero-order valence-corrected chi connectivity index (χ0v) is 9.44. The molecule has 0 atom stereocenters. The molecule has 76 valence electrons. The molecule has 1 nitrogen and oxygen atoms in total. The van der Waals surface area contributed by atoms with Crippen molar-refractivity contribution in [3.8, 4) is 0 Å². The molecule has 0 saturated carbocycles. The Morgan fingerprint density at radius 1 is 1.43 bits per heavy atom. The summed E-state index contributed by atoms with van der Waals surface area (Å²) in [5.41, 5.74) is 1.84. The van der Waals surface area contributed by atoms with E-state index in [1.807, 2.05) is 19.1 Å². The lowest BCUT2D eigenvalue weighted by atomic mass is 10.1. The van der Waals surface area contributed by atoms with Crippen molar-refractivity contribution in [1.82, 2.24) is 0 Å². The molecule has 0 spiro atoms. The average Bonchev–Trinajstić information content (AvgIpc) is 2.17. The Balaban J connectivity index is 3.02. The monoisotopic (exact) mass is 230 g/mol. The van der Waals surface area contributed by atoms with Crippen LogP contribution in [-0.2, 0) is 0 Å². The van der Waals surface area contributed by atoms with Crippen LogP contribution in [0.25, 0.3) is 6.08 Å². The molecule has 0 aliphatic rings. The molecule has 1 aromatic carbocycles. The minimum absolute atomic E-state index is 0.0649. The highest BCUT2D eigenvalue weighted by Crippen LogP contribution is 2.23. The van der Waals surface area contributed by atoms with Crippen molar-refractivity contribution in [2.45, 2.75) is 13.3 Å². The summed E-state index contributed by atoms with van der Waals surface area (Å²) >= 11 is 11.7. The second kappa shape index (κ2) is 5.40. The Labute approximate surface area is 94.0 Å². The van der Waals surface area contributed by atoms with Crippen molar-refractivity contribution in [3.63, 3.8) is 0 Å². The van der Waals surface area contributed by atoms with Crippen LogP contribution in [0.15, 0.2) is 23.8 Å². The first-order valence-corrected chi connectivity index (χ1v) is 5.18. The summed E-state index contributed by atoms with van der Waals surface area (Å²) in [7, 11) is 0. The van der Waals surface area contributed by atoms with Crippen LogP contribution in [0.1, 0.15) is 18.9 Å². The van der Waals surface area contributed by atoms with Gasteiger partial charge in [-0.1, -0.05) is 42.3 Å². The fraction of sp³-hybridized carbons (Fsp3) is 0.273. The van der Waals surface area contributed by atoms with Crippen LogP contribution in [0, 0.1) is 0 Å². The van der Waals surface area contributed by atoms with Crippen LogP contribution in [0.5, 0.6) is 0 Å². The van der Waals surface area contributed by atoms with Gasteiger partial charge in [-0.05, 0) is 29.7 Å². The molecule has 1 rings (SSSR count). The number of rotatable bonds is 3. The van der Waals surface area contributed by atoms with Gasteiger partial charge in [-0.15, -0.1) is 0 Å². The molecule has 1 N–H and O–H groups in total. The lowest BCUT2D eigenvalue weighted by Gasteiger charge is -2.02. The summed E-state index contributed by atoms with van der Waals surface area (Å²) in [6, 6.07) is 5.32. The van der Waals surface area contributed by atoms with Crippen LogP contribution in [0.3, 0.4) is 0 Å². The van der Waals surface area contributed by atoms with E-state index < -0.39 is 0 Å². The van der Waals surface area contributed by atoms with E-state index in [-0.39, 0.29) is 6.61 Å². The third-order valence-corrected chi connectivity index (χ3v) is 2.54. The van der Waals surface area contributed by atoms with Crippen LogP contribution in [0.4, 0.5) is 0 Å². The summed E-state index contributed by atoms with van der Waals surface area (Å²) < 4.78 is 0. The van der Waals surface area contributed by atoms with Crippen LogP contribution in [-0.4, -0.2) is 11.7 Å². The van der Waals surface area contributed by atoms with E-state index in [0.717, 1.165) is 17.6 Å². The van der Waals surface area contributed by atoms with Crippen molar-refractivity contribution < 1.29 is 5.11 Å². The highest BCUT2D eigenvalue weighted by atomic mass is 35.5. The largest absolute Gasteiger partial charge is 0.392 e. The first-order chi connectivity index (χ1) is 6.67. The van der Waals surface area contributed by atoms with Gasteiger partial charge in [0.05, 0.1) is 6.61 Å². The van der Waals surface area contributed by atoms with Gasteiger partial charge in [0.2, 0.25) is 0 Å². The molecule has 0 heterocycles. The van der Waals surface area contributed by atoms with E-state index in [1.165, 1.54) is 0 Å². The number of hydrogen-bond donors (Lipinski definition) is 1. The highest BCUT2D eigenvalue weighted by molar-refractivity contribution is 6.35.